The molecule has 0 aliphatic heterocycles. The van der Waals surface area contributed by atoms with Gasteiger partial charge in [-0.15, -0.1) is 0 Å². The van der Waals surface area contributed by atoms with Crippen LogP contribution in [0.5, 0.6) is 0 Å². The number of nitrogens with zero attached hydrogens (tertiary/aromatic N) is 2. The van der Waals surface area contributed by atoms with Gasteiger partial charge >= 0.3 is 0 Å². The van der Waals surface area contributed by atoms with Crippen molar-refractivity contribution in [1.29, 1.82) is 0 Å². The molecule has 4 bridgehead atoms. The van der Waals surface area contributed by atoms with Gasteiger partial charge in [-0.05, 0) is 113 Å². The molecule has 0 saturated heterocycles. The van der Waals surface area contributed by atoms with E-state index in [1.165, 1.54) is 72.7 Å². The first-order chi connectivity index (χ1) is 24.2. The lowest BCUT2D eigenvalue weighted by molar-refractivity contribution is -0.00518. The van der Waals surface area contributed by atoms with Crippen molar-refractivity contribution in [2.24, 2.45) is 17.8 Å². The summed E-state index contributed by atoms with van der Waals surface area (Å²) in [5, 5.41) is 0. The van der Waals surface area contributed by atoms with Gasteiger partial charge in [0.25, 0.3) is 0 Å². The number of fused-ring (bicyclic) bond motifs is 1. The third-order valence-electron chi connectivity index (χ3n) is 11.8. The zero-order chi connectivity index (χ0) is 32.4. The Morgan fingerprint density at radius 2 is 1.02 bits per heavy atom. The van der Waals surface area contributed by atoms with Crippen LogP contribution in [0, 0.1) is 17.8 Å². The highest BCUT2D eigenvalue weighted by Gasteiger charge is 2.51. The zero-order valence-corrected chi connectivity index (χ0v) is 27.6. The second-order valence-electron chi connectivity index (χ2n) is 14.9. The Kier molecular flexibility index (Phi) is 6.69. The number of hydrogen-bond donors (Lipinski definition) is 0. The lowest BCUT2D eigenvalue weighted by Gasteiger charge is -2.57. The fourth-order valence-corrected chi connectivity index (χ4v) is 9.88. The standard InChI is InChI=1S/C46H38N2O/c1-2-5-37(6-3-1)42-24-39(25-43(48-42)38-17-19-40(20-18-38)46-26-30-21-31(27-46)23-32(22-30)28-46)35-11-9-33(10-12-35)34-13-15-36(16-14-34)41-7-4-8-44-45(41)47-29-49-44/h1-20,24-25,29-32H,21-23,26-28H2. The Hall–Kier alpha value is -5.28. The van der Waals surface area contributed by atoms with Crippen molar-refractivity contribution in [3.8, 4) is 55.9 Å². The maximum absolute atomic E-state index is 5.52. The molecular formula is C46H38N2O. The van der Waals surface area contributed by atoms with E-state index in [9.17, 15) is 0 Å². The SMILES string of the molecule is c1ccc(-c2cc(-c3ccc(-c4ccc(-c5cccc6ocnc56)cc4)cc3)cc(-c3ccc(C45CC6CC(CC(C6)C4)C5)cc3)n2)cc1. The van der Waals surface area contributed by atoms with Crippen molar-refractivity contribution >= 4 is 11.1 Å². The number of pyridine rings is 1. The highest BCUT2D eigenvalue weighted by molar-refractivity contribution is 5.91. The van der Waals surface area contributed by atoms with E-state index in [1.807, 2.05) is 12.1 Å². The van der Waals surface area contributed by atoms with Crippen molar-refractivity contribution in [2.75, 3.05) is 0 Å². The molecule has 0 unspecified atom stereocenters. The number of rotatable bonds is 6. The van der Waals surface area contributed by atoms with Crippen molar-refractivity contribution in [1.82, 2.24) is 9.97 Å². The minimum absolute atomic E-state index is 0.408. The summed E-state index contributed by atoms with van der Waals surface area (Å²) in [4.78, 5) is 9.66. The predicted molar refractivity (Wildman–Crippen MR) is 199 cm³/mol. The molecule has 7 aromatic rings. The largest absolute Gasteiger partial charge is 0.443 e. The number of hydrogen-bond acceptors (Lipinski definition) is 3. The van der Waals surface area contributed by atoms with E-state index < -0.39 is 0 Å². The van der Waals surface area contributed by atoms with Crippen molar-refractivity contribution < 1.29 is 4.42 Å². The fourth-order valence-electron chi connectivity index (χ4n) is 9.88. The first-order valence-corrected chi connectivity index (χ1v) is 17.9. The smallest absolute Gasteiger partial charge is 0.182 e. The van der Waals surface area contributed by atoms with E-state index in [0.717, 1.165) is 56.9 Å². The summed E-state index contributed by atoms with van der Waals surface area (Å²) in [7, 11) is 0. The summed E-state index contributed by atoms with van der Waals surface area (Å²) in [6, 6.07) is 48.3. The number of para-hydroxylation sites is 1. The number of oxazole rings is 1. The molecule has 2 aromatic heterocycles. The van der Waals surface area contributed by atoms with Gasteiger partial charge in [-0.25, -0.2) is 9.97 Å². The Balaban J connectivity index is 0.963. The van der Waals surface area contributed by atoms with Gasteiger partial charge in [-0.1, -0.05) is 115 Å². The fraction of sp³-hybridized carbons (Fsp3) is 0.217. The van der Waals surface area contributed by atoms with Crippen molar-refractivity contribution in [2.45, 2.75) is 43.9 Å². The van der Waals surface area contributed by atoms with E-state index in [0.29, 0.717) is 5.41 Å². The Morgan fingerprint density at radius 1 is 0.490 bits per heavy atom. The predicted octanol–water partition coefficient (Wildman–Crippen LogP) is 12.0. The topological polar surface area (TPSA) is 38.9 Å². The lowest BCUT2D eigenvalue weighted by Crippen LogP contribution is -2.48. The molecule has 0 radical (unpaired) electrons. The summed E-state index contributed by atoms with van der Waals surface area (Å²) in [6.45, 7) is 0. The van der Waals surface area contributed by atoms with Crippen molar-refractivity contribution in [3.05, 3.63) is 145 Å². The molecule has 3 nitrogen and oxygen atoms in total. The maximum Gasteiger partial charge on any atom is 0.182 e. The molecule has 11 rings (SSSR count). The van der Waals surface area contributed by atoms with Crippen LogP contribution in [0.3, 0.4) is 0 Å². The third kappa shape index (κ3) is 5.11. The normalized spacial score (nSPS) is 22.5. The van der Waals surface area contributed by atoms with E-state index in [2.05, 4.69) is 126 Å². The van der Waals surface area contributed by atoms with Gasteiger partial charge in [0.1, 0.15) is 5.52 Å². The quantitative estimate of drug-likeness (QED) is 0.183. The molecule has 0 atom stereocenters. The van der Waals surface area contributed by atoms with Gasteiger partial charge < -0.3 is 4.42 Å². The molecule has 4 saturated carbocycles. The van der Waals surface area contributed by atoms with Gasteiger partial charge in [0.05, 0.1) is 11.4 Å². The lowest BCUT2D eigenvalue weighted by atomic mass is 9.48. The minimum atomic E-state index is 0.408. The van der Waals surface area contributed by atoms with E-state index in [1.54, 1.807) is 5.56 Å². The molecular weight excluding hydrogens is 597 g/mol. The Labute approximate surface area is 287 Å². The molecule has 0 amide bonds. The summed E-state index contributed by atoms with van der Waals surface area (Å²) in [6.07, 6.45) is 10.1. The van der Waals surface area contributed by atoms with Crippen LogP contribution in [-0.2, 0) is 5.41 Å². The molecule has 49 heavy (non-hydrogen) atoms. The second-order valence-corrected chi connectivity index (χ2v) is 14.9. The van der Waals surface area contributed by atoms with Crippen LogP contribution in [0.2, 0.25) is 0 Å². The van der Waals surface area contributed by atoms with Crippen LogP contribution in [-0.4, -0.2) is 9.97 Å². The van der Waals surface area contributed by atoms with Crippen LogP contribution < -0.4 is 0 Å². The van der Waals surface area contributed by atoms with Crippen LogP contribution in [0.1, 0.15) is 44.1 Å². The van der Waals surface area contributed by atoms with Crippen LogP contribution >= 0.6 is 0 Å². The Morgan fingerprint density at radius 3 is 1.63 bits per heavy atom. The molecule has 5 aromatic carbocycles. The first-order valence-electron chi connectivity index (χ1n) is 17.9. The van der Waals surface area contributed by atoms with Gasteiger partial charge in [0.2, 0.25) is 0 Å². The summed E-state index contributed by atoms with van der Waals surface area (Å²) in [5.41, 5.74) is 15.0. The minimum Gasteiger partial charge on any atom is -0.443 e. The molecule has 4 aliphatic rings. The molecule has 4 aliphatic carbocycles. The van der Waals surface area contributed by atoms with E-state index in [4.69, 9.17) is 9.40 Å². The number of aromatic nitrogens is 2. The highest BCUT2D eigenvalue weighted by Crippen LogP contribution is 2.60. The van der Waals surface area contributed by atoms with Crippen LogP contribution in [0.4, 0.5) is 0 Å². The molecule has 2 heterocycles. The summed E-state index contributed by atoms with van der Waals surface area (Å²) in [5.74, 6) is 2.84. The average Bonchev–Trinajstić information content (AvgIpc) is 3.64. The molecule has 3 heteroatoms. The van der Waals surface area contributed by atoms with Gasteiger partial charge in [0, 0.05) is 16.7 Å². The number of benzene rings is 5. The molecule has 4 fully saturated rings. The summed E-state index contributed by atoms with van der Waals surface area (Å²) >= 11 is 0. The van der Waals surface area contributed by atoms with Crippen LogP contribution in [0.25, 0.3) is 67.0 Å². The van der Waals surface area contributed by atoms with Gasteiger partial charge in [0.15, 0.2) is 12.0 Å². The maximum atomic E-state index is 5.52. The van der Waals surface area contributed by atoms with Crippen LogP contribution in [0.15, 0.2) is 144 Å². The zero-order valence-electron chi connectivity index (χ0n) is 27.6. The third-order valence-corrected chi connectivity index (χ3v) is 11.8. The Bertz CT molecular complexity index is 2250. The first kappa shape index (κ1) is 28.7. The molecule has 0 spiro atoms. The molecule has 238 valence electrons. The van der Waals surface area contributed by atoms with E-state index >= 15 is 0 Å². The molecule has 0 N–H and O–H groups in total. The monoisotopic (exact) mass is 634 g/mol. The summed E-state index contributed by atoms with van der Waals surface area (Å²) < 4.78 is 5.52. The van der Waals surface area contributed by atoms with Gasteiger partial charge in [-0.2, -0.15) is 0 Å². The van der Waals surface area contributed by atoms with Crippen molar-refractivity contribution in [3.63, 3.8) is 0 Å². The average molecular weight is 635 g/mol. The second kappa shape index (κ2) is 11.4. The van der Waals surface area contributed by atoms with Gasteiger partial charge in [-0.3, -0.25) is 0 Å². The highest BCUT2D eigenvalue weighted by atomic mass is 16.3. The van der Waals surface area contributed by atoms with E-state index in [-0.39, 0.29) is 0 Å².